The summed E-state index contributed by atoms with van der Waals surface area (Å²) >= 11 is 0. The van der Waals surface area contributed by atoms with Crippen LogP contribution in [-0.2, 0) is 18.9 Å². The first kappa shape index (κ1) is 19.1. The van der Waals surface area contributed by atoms with Crippen LogP contribution in [0.1, 0.15) is 25.7 Å². The van der Waals surface area contributed by atoms with Gasteiger partial charge in [0.05, 0.1) is 31.8 Å². The smallest absolute Gasteiger partial charge is 0.157 e. The van der Waals surface area contributed by atoms with E-state index < -0.39 is 0 Å². The predicted molar refractivity (Wildman–Crippen MR) is 89.4 cm³/mol. The van der Waals surface area contributed by atoms with Crippen molar-refractivity contribution in [1.29, 1.82) is 0 Å². The summed E-state index contributed by atoms with van der Waals surface area (Å²) in [6.45, 7) is 4.81. The molecule has 6 nitrogen and oxygen atoms in total. The molecule has 0 unspecified atom stereocenters. The molecule has 2 saturated heterocycles. The lowest BCUT2D eigenvalue weighted by Crippen LogP contribution is -2.52. The highest BCUT2D eigenvalue weighted by Crippen LogP contribution is 2.31. The highest BCUT2D eigenvalue weighted by Gasteiger charge is 2.41. The van der Waals surface area contributed by atoms with E-state index in [0.29, 0.717) is 26.4 Å². The summed E-state index contributed by atoms with van der Waals surface area (Å²) in [6, 6.07) is 0. The van der Waals surface area contributed by atoms with Crippen molar-refractivity contribution in [2.45, 2.75) is 38.3 Å². The normalized spacial score (nSPS) is 32.1. The SMILES string of the molecule is CN(C)CCCC1OCC2(CO1)COC(CCCN(C)C)OC2. The average Bonchev–Trinajstić information content (AvgIpc) is 2.51. The summed E-state index contributed by atoms with van der Waals surface area (Å²) in [5.41, 5.74) is -0.115. The van der Waals surface area contributed by atoms with Crippen LogP contribution in [0.3, 0.4) is 0 Å². The van der Waals surface area contributed by atoms with Crippen LogP contribution in [0.15, 0.2) is 0 Å². The molecule has 0 N–H and O–H groups in total. The minimum Gasteiger partial charge on any atom is -0.352 e. The molecule has 0 radical (unpaired) electrons. The van der Waals surface area contributed by atoms with Crippen molar-refractivity contribution < 1.29 is 18.9 Å². The first-order valence-corrected chi connectivity index (χ1v) is 8.75. The minimum atomic E-state index is -0.115. The van der Waals surface area contributed by atoms with E-state index in [1.807, 2.05) is 0 Å². The molecule has 2 aliphatic rings. The van der Waals surface area contributed by atoms with Crippen LogP contribution < -0.4 is 0 Å². The van der Waals surface area contributed by atoms with Crippen LogP contribution in [0.25, 0.3) is 0 Å². The van der Waals surface area contributed by atoms with E-state index in [0.717, 1.165) is 38.8 Å². The summed E-state index contributed by atoms with van der Waals surface area (Å²) in [7, 11) is 8.35. The maximum atomic E-state index is 5.89. The molecule has 2 aliphatic heterocycles. The molecular weight excluding hydrogens is 296 g/mol. The zero-order valence-electron chi connectivity index (χ0n) is 15.3. The van der Waals surface area contributed by atoms with E-state index in [-0.39, 0.29) is 18.0 Å². The highest BCUT2D eigenvalue weighted by molar-refractivity contribution is 4.84. The van der Waals surface area contributed by atoms with Crippen molar-refractivity contribution in [2.24, 2.45) is 5.41 Å². The first-order chi connectivity index (χ1) is 11.0. The second-order valence-corrected chi connectivity index (χ2v) is 7.49. The predicted octanol–water partition coefficient (Wildman–Crippen LogP) is 1.40. The van der Waals surface area contributed by atoms with E-state index >= 15 is 0 Å². The monoisotopic (exact) mass is 330 g/mol. The van der Waals surface area contributed by atoms with Crippen molar-refractivity contribution in [2.75, 3.05) is 67.7 Å². The maximum Gasteiger partial charge on any atom is 0.157 e. The van der Waals surface area contributed by atoms with Gasteiger partial charge in [-0.25, -0.2) is 0 Å². The Labute approximate surface area is 141 Å². The Hall–Kier alpha value is -0.240. The van der Waals surface area contributed by atoms with Crippen LogP contribution in [0.2, 0.25) is 0 Å². The van der Waals surface area contributed by atoms with Crippen LogP contribution in [0.4, 0.5) is 0 Å². The fraction of sp³-hybridized carbons (Fsp3) is 1.00. The molecule has 1 spiro atoms. The lowest BCUT2D eigenvalue weighted by molar-refractivity contribution is -0.304. The van der Waals surface area contributed by atoms with Gasteiger partial charge >= 0.3 is 0 Å². The van der Waals surface area contributed by atoms with E-state index in [1.54, 1.807) is 0 Å². The van der Waals surface area contributed by atoms with Gasteiger partial charge in [-0.05, 0) is 67.0 Å². The molecule has 6 heteroatoms. The van der Waals surface area contributed by atoms with Gasteiger partial charge in [0.25, 0.3) is 0 Å². The van der Waals surface area contributed by atoms with Crippen LogP contribution in [0.5, 0.6) is 0 Å². The number of hydrogen-bond donors (Lipinski definition) is 0. The molecule has 0 aromatic heterocycles. The molecular formula is C17H34N2O4. The molecule has 23 heavy (non-hydrogen) atoms. The van der Waals surface area contributed by atoms with Gasteiger partial charge in [0.2, 0.25) is 0 Å². The molecule has 2 rings (SSSR count). The Morgan fingerprint density at radius 3 is 1.35 bits per heavy atom. The Morgan fingerprint density at radius 2 is 1.04 bits per heavy atom. The second kappa shape index (κ2) is 9.30. The molecule has 0 bridgehead atoms. The summed E-state index contributed by atoms with van der Waals surface area (Å²) < 4.78 is 23.6. The van der Waals surface area contributed by atoms with Crippen LogP contribution in [-0.4, -0.2) is 90.1 Å². The van der Waals surface area contributed by atoms with E-state index in [1.165, 1.54) is 0 Å². The summed E-state index contributed by atoms with van der Waals surface area (Å²) in [6.07, 6.45) is 3.93. The topological polar surface area (TPSA) is 43.4 Å². The largest absolute Gasteiger partial charge is 0.352 e. The Balaban J connectivity index is 1.61. The lowest BCUT2D eigenvalue weighted by atomic mass is 9.90. The third-order valence-corrected chi connectivity index (χ3v) is 4.39. The quantitative estimate of drug-likeness (QED) is 0.670. The Kier molecular flexibility index (Phi) is 7.72. The summed E-state index contributed by atoms with van der Waals surface area (Å²) in [5.74, 6) is 0. The molecule has 0 aliphatic carbocycles. The zero-order chi connectivity index (χ0) is 16.7. The minimum absolute atomic E-state index is 0.0709. The zero-order valence-corrected chi connectivity index (χ0v) is 15.3. The maximum absolute atomic E-state index is 5.89. The Bertz CT molecular complexity index is 287. The van der Waals surface area contributed by atoms with E-state index in [4.69, 9.17) is 18.9 Å². The van der Waals surface area contributed by atoms with Gasteiger partial charge in [-0.2, -0.15) is 0 Å². The standard InChI is InChI=1S/C17H34N2O4/c1-18(2)9-5-7-15-20-11-17(12-21-15)13-22-16(23-14-17)8-6-10-19(3)4/h15-16H,5-14H2,1-4H3. The van der Waals surface area contributed by atoms with Crippen LogP contribution in [0, 0.1) is 5.41 Å². The molecule has 136 valence electrons. The number of ether oxygens (including phenoxy) is 4. The molecule has 2 heterocycles. The van der Waals surface area contributed by atoms with Gasteiger partial charge in [0.15, 0.2) is 12.6 Å². The van der Waals surface area contributed by atoms with Crippen molar-refractivity contribution in [3.8, 4) is 0 Å². The third-order valence-electron chi connectivity index (χ3n) is 4.39. The third kappa shape index (κ3) is 6.64. The van der Waals surface area contributed by atoms with Crippen LogP contribution >= 0.6 is 0 Å². The molecule has 0 atom stereocenters. The van der Waals surface area contributed by atoms with Crippen molar-refractivity contribution in [1.82, 2.24) is 9.80 Å². The molecule has 0 amide bonds. The highest BCUT2D eigenvalue weighted by atomic mass is 16.7. The van der Waals surface area contributed by atoms with Gasteiger partial charge in [-0.1, -0.05) is 0 Å². The van der Waals surface area contributed by atoms with Crippen molar-refractivity contribution in [3.05, 3.63) is 0 Å². The fourth-order valence-corrected chi connectivity index (χ4v) is 2.91. The lowest BCUT2D eigenvalue weighted by Gasteiger charge is -2.43. The molecule has 0 saturated carbocycles. The second-order valence-electron chi connectivity index (χ2n) is 7.49. The van der Waals surface area contributed by atoms with Gasteiger partial charge in [-0.15, -0.1) is 0 Å². The molecule has 0 aromatic carbocycles. The molecule has 2 fully saturated rings. The fourth-order valence-electron chi connectivity index (χ4n) is 2.91. The van der Waals surface area contributed by atoms with Crippen molar-refractivity contribution in [3.63, 3.8) is 0 Å². The van der Waals surface area contributed by atoms with E-state index in [2.05, 4.69) is 38.0 Å². The van der Waals surface area contributed by atoms with E-state index in [9.17, 15) is 0 Å². The first-order valence-electron chi connectivity index (χ1n) is 8.75. The number of nitrogens with zero attached hydrogens (tertiary/aromatic N) is 2. The Morgan fingerprint density at radius 1 is 0.696 bits per heavy atom. The molecule has 0 aromatic rings. The van der Waals surface area contributed by atoms with Crippen molar-refractivity contribution >= 4 is 0 Å². The van der Waals surface area contributed by atoms with Gasteiger partial charge in [0, 0.05) is 0 Å². The summed E-state index contributed by atoms with van der Waals surface area (Å²) in [5, 5.41) is 0. The average molecular weight is 330 g/mol. The van der Waals surface area contributed by atoms with Gasteiger partial charge in [0.1, 0.15) is 0 Å². The van der Waals surface area contributed by atoms with Gasteiger partial charge in [-0.3, -0.25) is 0 Å². The van der Waals surface area contributed by atoms with Gasteiger partial charge < -0.3 is 28.7 Å². The number of hydrogen-bond acceptors (Lipinski definition) is 6. The number of rotatable bonds is 8. The summed E-state index contributed by atoms with van der Waals surface area (Å²) in [4.78, 5) is 4.37.